The Morgan fingerprint density at radius 2 is 1.83 bits per heavy atom. The van der Waals surface area contributed by atoms with Gasteiger partial charge in [-0.25, -0.2) is 12.7 Å². The lowest BCUT2D eigenvalue weighted by Crippen LogP contribution is -2.40. The van der Waals surface area contributed by atoms with E-state index in [2.05, 4.69) is 0 Å². The Bertz CT molecular complexity index is 727. The molecule has 1 N–H and O–H groups in total. The highest BCUT2D eigenvalue weighted by atomic mass is 32.2. The van der Waals surface area contributed by atoms with Crippen molar-refractivity contribution >= 4 is 21.9 Å². The normalized spacial score (nSPS) is 11.6. The average Bonchev–Trinajstić information content (AvgIpc) is 2.50. The zero-order chi connectivity index (χ0) is 18.7. The van der Waals surface area contributed by atoms with Crippen LogP contribution in [0.4, 0.5) is 0 Å². The third-order valence-corrected chi connectivity index (χ3v) is 5.20. The fraction of sp³-hybridized carbons (Fsp3) is 0.467. The highest BCUT2D eigenvalue weighted by Crippen LogP contribution is 2.27. The second kappa shape index (κ2) is 7.63. The van der Waals surface area contributed by atoms with E-state index in [1.165, 1.54) is 39.4 Å². The van der Waals surface area contributed by atoms with Crippen LogP contribution < -0.4 is 4.74 Å². The number of carbonyl (C=O) groups is 2. The molecule has 0 spiro atoms. The Hall–Kier alpha value is -2.13. The topological polar surface area (TPSA) is 104 Å². The lowest BCUT2D eigenvalue weighted by Gasteiger charge is -2.25. The molecule has 0 heterocycles. The highest BCUT2D eigenvalue weighted by Gasteiger charge is 2.26. The molecule has 0 saturated heterocycles. The Kier molecular flexibility index (Phi) is 6.33. The van der Waals surface area contributed by atoms with Crippen LogP contribution in [0.25, 0.3) is 0 Å². The number of rotatable bonds is 7. The summed E-state index contributed by atoms with van der Waals surface area (Å²) in [5.74, 6) is -1.61. The molecule has 134 valence electrons. The summed E-state index contributed by atoms with van der Waals surface area (Å²) in [5.41, 5.74) is 0.0752. The summed E-state index contributed by atoms with van der Waals surface area (Å²) in [5, 5.41) is 8.95. The van der Waals surface area contributed by atoms with Gasteiger partial charge in [-0.3, -0.25) is 9.59 Å². The lowest BCUT2D eigenvalue weighted by atomic mass is 10.1. The molecule has 0 radical (unpaired) electrons. The van der Waals surface area contributed by atoms with E-state index in [1.54, 1.807) is 13.8 Å². The molecule has 1 rings (SSSR count). The first-order valence-corrected chi connectivity index (χ1v) is 8.59. The lowest BCUT2D eigenvalue weighted by molar-refractivity contribution is -0.138. The molecule has 0 atom stereocenters. The van der Waals surface area contributed by atoms with Gasteiger partial charge < -0.3 is 14.7 Å². The molecule has 0 aliphatic heterocycles. The van der Waals surface area contributed by atoms with Gasteiger partial charge in [-0.05, 0) is 32.0 Å². The van der Waals surface area contributed by atoms with Crippen LogP contribution in [-0.4, -0.2) is 68.4 Å². The molecule has 0 aliphatic rings. The van der Waals surface area contributed by atoms with E-state index in [9.17, 15) is 18.0 Å². The summed E-state index contributed by atoms with van der Waals surface area (Å²) in [6.07, 6.45) is 0. The minimum absolute atomic E-state index is 0.0752. The predicted molar refractivity (Wildman–Crippen MR) is 87.7 cm³/mol. The van der Waals surface area contributed by atoms with Crippen LogP contribution in [-0.2, 0) is 14.8 Å². The highest BCUT2D eigenvalue weighted by molar-refractivity contribution is 7.89. The van der Waals surface area contributed by atoms with Crippen molar-refractivity contribution in [2.45, 2.75) is 24.8 Å². The van der Waals surface area contributed by atoms with E-state index < -0.39 is 28.4 Å². The number of aliphatic carboxylic acids is 1. The van der Waals surface area contributed by atoms with Crippen LogP contribution in [0.15, 0.2) is 23.1 Å². The maximum atomic E-state index is 12.6. The van der Waals surface area contributed by atoms with Crippen molar-refractivity contribution in [1.82, 2.24) is 9.21 Å². The molecule has 24 heavy (non-hydrogen) atoms. The van der Waals surface area contributed by atoms with Gasteiger partial charge in [0.15, 0.2) is 0 Å². The largest absolute Gasteiger partial charge is 0.495 e. The summed E-state index contributed by atoms with van der Waals surface area (Å²) in [7, 11) is 0.245. The number of carboxylic acids is 1. The van der Waals surface area contributed by atoms with E-state index in [1.807, 2.05) is 0 Å². The molecular weight excluding hydrogens is 336 g/mol. The fourth-order valence-corrected chi connectivity index (χ4v) is 3.08. The molecular formula is C15H22N2O6S. The van der Waals surface area contributed by atoms with Crippen LogP contribution in [0.2, 0.25) is 0 Å². The molecule has 1 amide bonds. The molecule has 9 heteroatoms. The van der Waals surface area contributed by atoms with Crippen molar-refractivity contribution in [2.75, 3.05) is 27.7 Å². The second-order valence-corrected chi connectivity index (χ2v) is 7.69. The maximum absolute atomic E-state index is 12.6. The van der Waals surface area contributed by atoms with E-state index >= 15 is 0 Å². The Morgan fingerprint density at radius 1 is 1.25 bits per heavy atom. The van der Waals surface area contributed by atoms with E-state index in [0.29, 0.717) is 0 Å². The number of methoxy groups -OCH3 is 1. The number of hydrogen-bond donors (Lipinski definition) is 1. The van der Waals surface area contributed by atoms with E-state index in [4.69, 9.17) is 9.84 Å². The van der Waals surface area contributed by atoms with Gasteiger partial charge in [0.1, 0.15) is 17.2 Å². The molecule has 1 aromatic carbocycles. The third kappa shape index (κ3) is 4.24. The number of hydrogen-bond acceptors (Lipinski definition) is 5. The zero-order valence-electron chi connectivity index (χ0n) is 14.3. The van der Waals surface area contributed by atoms with Crippen LogP contribution >= 0.6 is 0 Å². The van der Waals surface area contributed by atoms with Crippen LogP contribution in [0, 0.1) is 0 Å². The van der Waals surface area contributed by atoms with Gasteiger partial charge in [0.2, 0.25) is 10.0 Å². The minimum atomic E-state index is -3.82. The summed E-state index contributed by atoms with van der Waals surface area (Å²) in [6, 6.07) is 3.63. The minimum Gasteiger partial charge on any atom is -0.495 e. The van der Waals surface area contributed by atoms with Crippen LogP contribution in [0.5, 0.6) is 5.75 Å². The molecule has 0 saturated carbocycles. The molecule has 0 fully saturated rings. The molecule has 0 aromatic heterocycles. The number of carbonyl (C=O) groups excluding carboxylic acids is 1. The molecule has 0 bridgehead atoms. The van der Waals surface area contributed by atoms with Crippen LogP contribution in [0.3, 0.4) is 0 Å². The van der Waals surface area contributed by atoms with Crippen molar-refractivity contribution < 1.29 is 27.9 Å². The van der Waals surface area contributed by atoms with Gasteiger partial charge >= 0.3 is 5.97 Å². The van der Waals surface area contributed by atoms with Gasteiger partial charge in [-0.2, -0.15) is 0 Å². The number of nitrogens with zero attached hydrogens (tertiary/aromatic N) is 2. The average molecular weight is 358 g/mol. The zero-order valence-corrected chi connectivity index (χ0v) is 15.1. The first kappa shape index (κ1) is 19.9. The summed E-state index contributed by atoms with van der Waals surface area (Å²) in [6.45, 7) is 2.89. The molecule has 1 aromatic rings. The first-order chi connectivity index (χ1) is 11.0. The second-order valence-electron chi connectivity index (χ2n) is 5.57. The van der Waals surface area contributed by atoms with E-state index in [-0.39, 0.29) is 22.3 Å². The SMILES string of the molecule is COc1ccc(C(=O)N(CC(=O)O)C(C)C)cc1S(=O)(=O)N(C)C. The standard InChI is InChI=1S/C15H22N2O6S/c1-10(2)17(9-14(18)19)15(20)11-6-7-12(23-5)13(8-11)24(21,22)16(3)4/h6-8,10H,9H2,1-5H3,(H,18,19). The maximum Gasteiger partial charge on any atom is 0.323 e. The monoisotopic (exact) mass is 358 g/mol. The number of benzene rings is 1. The third-order valence-electron chi connectivity index (χ3n) is 3.36. The quantitative estimate of drug-likeness (QED) is 0.776. The number of sulfonamides is 1. The Labute approximate surface area is 141 Å². The number of carboxylic acid groups (broad SMARTS) is 1. The van der Waals surface area contributed by atoms with Gasteiger partial charge in [0, 0.05) is 25.7 Å². The number of ether oxygens (including phenoxy) is 1. The molecule has 8 nitrogen and oxygen atoms in total. The van der Waals surface area contributed by atoms with Gasteiger partial charge in [0.25, 0.3) is 5.91 Å². The van der Waals surface area contributed by atoms with E-state index in [0.717, 1.165) is 9.21 Å². The first-order valence-electron chi connectivity index (χ1n) is 7.15. The van der Waals surface area contributed by atoms with Crippen molar-refractivity contribution in [3.05, 3.63) is 23.8 Å². The van der Waals surface area contributed by atoms with Gasteiger partial charge in [0.05, 0.1) is 7.11 Å². The van der Waals surface area contributed by atoms with Gasteiger partial charge in [-0.1, -0.05) is 0 Å². The Morgan fingerprint density at radius 3 is 2.25 bits per heavy atom. The smallest absolute Gasteiger partial charge is 0.323 e. The summed E-state index contributed by atoms with van der Waals surface area (Å²) in [4.78, 5) is 24.5. The molecule has 0 aliphatic carbocycles. The Balaban J connectivity index is 3.41. The van der Waals surface area contributed by atoms with Crippen molar-refractivity contribution in [3.63, 3.8) is 0 Å². The summed E-state index contributed by atoms with van der Waals surface area (Å²) < 4.78 is 30.9. The van der Waals surface area contributed by atoms with Crippen LogP contribution in [0.1, 0.15) is 24.2 Å². The van der Waals surface area contributed by atoms with Crippen molar-refractivity contribution in [2.24, 2.45) is 0 Å². The summed E-state index contributed by atoms with van der Waals surface area (Å²) >= 11 is 0. The molecule has 0 unspecified atom stereocenters. The predicted octanol–water partition coefficient (Wildman–Crippen LogP) is 0.881. The van der Waals surface area contributed by atoms with Crippen molar-refractivity contribution in [3.8, 4) is 5.75 Å². The van der Waals surface area contributed by atoms with Crippen molar-refractivity contribution in [1.29, 1.82) is 0 Å². The number of amides is 1. The van der Waals surface area contributed by atoms with Gasteiger partial charge in [-0.15, -0.1) is 0 Å². The fourth-order valence-electron chi connectivity index (χ4n) is 2.01.